The number of nitrogens with one attached hydrogen (secondary N) is 2. The summed E-state index contributed by atoms with van der Waals surface area (Å²) in [4.78, 5) is 23.1. The van der Waals surface area contributed by atoms with Crippen molar-refractivity contribution in [1.29, 1.82) is 0 Å². The van der Waals surface area contributed by atoms with Gasteiger partial charge >= 0.3 is 6.03 Å². The molecule has 0 bridgehead atoms. The van der Waals surface area contributed by atoms with Crippen molar-refractivity contribution in [3.63, 3.8) is 0 Å². The molecule has 2 amide bonds. The van der Waals surface area contributed by atoms with Crippen molar-refractivity contribution < 1.29 is 4.79 Å². The molecule has 1 aliphatic rings. The van der Waals surface area contributed by atoms with E-state index in [1.165, 1.54) is 6.33 Å². The fraction of sp³-hybridized carbons (Fsp3) is 0.300. The Morgan fingerprint density at radius 1 is 1.10 bits per heavy atom. The molecule has 3 aromatic rings. The van der Waals surface area contributed by atoms with Gasteiger partial charge in [-0.05, 0) is 43.0 Å². The van der Waals surface area contributed by atoms with Crippen molar-refractivity contribution in [3.8, 4) is 5.82 Å². The minimum absolute atomic E-state index is 0.361. The first-order valence-electron chi connectivity index (χ1n) is 9.52. The summed E-state index contributed by atoms with van der Waals surface area (Å²) in [6.07, 6.45) is 8.94. The van der Waals surface area contributed by atoms with Crippen molar-refractivity contribution in [1.82, 2.24) is 19.7 Å². The molecule has 1 saturated heterocycles. The highest BCUT2D eigenvalue weighted by molar-refractivity contribution is 6.30. The van der Waals surface area contributed by atoms with Crippen LogP contribution in [-0.4, -0.2) is 38.9 Å². The normalized spacial score (nSPS) is 14.6. The molecule has 0 spiro atoms. The first kappa shape index (κ1) is 19.2. The maximum absolute atomic E-state index is 12.2. The van der Waals surface area contributed by atoms with Gasteiger partial charge in [0.1, 0.15) is 12.0 Å². The predicted molar refractivity (Wildman–Crippen MR) is 114 cm³/mol. The molecular formula is C20H22ClN7O. The van der Waals surface area contributed by atoms with E-state index >= 15 is 0 Å². The van der Waals surface area contributed by atoms with Gasteiger partial charge in [-0.3, -0.25) is 0 Å². The lowest BCUT2D eigenvalue weighted by atomic mass is 9.99. The zero-order valence-corrected chi connectivity index (χ0v) is 16.8. The lowest BCUT2D eigenvalue weighted by molar-refractivity contribution is 0.262. The number of nitrogens with zero attached hydrogens (tertiary/aromatic N) is 5. The zero-order valence-electron chi connectivity index (χ0n) is 16.0. The number of carbonyl (C=O) groups is 1. The predicted octanol–water partition coefficient (Wildman–Crippen LogP) is 4.20. The van der Waals surface area contributed by atoms with Gasteiger partial charge < -0.3 is 15.5 Å². The number of benzene rings is 1. The molecule has 0 unspecified atom stereocenters. The molecule has 29 heavy (non-hydrogen) atoms. The average Bonchev–Trinajstić information content (AvgIpc) is 3.18. The number of hydrogen-bond donors (Lipinski definition) is 2. The number of rotatable bonds is 4. The summed E-state index contributed by atoms with van der Waals surface area (Å²) < 4.78 is 1.66. The minimum atomic E-state index is -0.361. The van der Waals surface area contributed by atoms with Crippen molar-refractivity contribution in [2.24, 2.45) is 5.92 Å². The van der Waals surface area contributed by atoms with E-state index < -0.39 is 0 Å². The van der Waals surface area contributed by atoms with Crippen LogP contribution in [0.25, 0.3) is 5.82 Å². The Hall–Kier alpha value is -3.13. The van der Waals surface area contributed by atoms with Crippen LogP contribution >= 0.6 is 11.6 Å². The Labute approximate surface area is 173 Å². The number of anilines is 3. The Morgan fingerprint density at radius 3 is 2.59 bits per heavy atom. The first-order chi connectivity index (χ1) is 14.1. The lowest BCUT2D eigenvalue weighted by Gasteiger charge is -2.32. The van der Waals surface area contributed by atoms with Crippen molar-refractivity contribution in [2.75, 3.05) is 28.6 Å². The average molecular weight is 412 g/mol. The van der Waals surface area contributed by atoms with Gasteiger partial charge in [0, 0.05) is 23.8 Å². The van der Waals surface area contributed by atoms with Gasteiger partial charge in [0.05, 0.1) is 24.3 Å². The highest BCUT2D eigenvalue weighted by atomic mass is 35.5. The molecule has 3 heterocycles. The summed E-state index contributed by atoms with van der Waals surface area (Å²) in [5, 5.41) is 10.5. The molecule has 9 heteroatoms. The number of urea groups is 1. The van der Waals surface area contributed by atoms with Gasteiger partial charge in [-0.2, -0.15) is 5.10 Å². The zero-order chi connectivity index (χ0) is 20.2. The molecule has 8 nitrogen and oxygen atoms in total. The molecule has 150 valence electrons. The SMILES string of the molecule is CC1CCN(c2cncnc2-n2cc(NC(=O)Nc3ccc(Cl)cc3)cn2)CC1. The van der Waals surface area contributed by atoms with E-state index in [1.54, 1.807) is 41.3 Å². The van der Waals surface area contributed by atoms with Crippen LogP contribution in [0.5, 0.6) is 0 Å². The number of piperidine rings is 1. The van der Waals surface area contributed by atoms with E-state index in [-0.39, 0.29) is 6.03 Å². The van der Waals surface area contributed by atoms with Gasteiger partial charge in [0.2, 0.25) is 0 Å². The number of carbonyl (C=O) groups excluding carboxylic acids is 1. The summed E-state index contributed by atoms with van der Waals surface area (Å²) in [5.74, 6) is 1.43. The molecule has 2 aromatic heterocycles. The third-order valence-electron chi connectivity index (χ3n) is 4.96. The third kappa shape index (κ3) is 4.65. The van der Waals surface area contributed by atoms with Gasteiger partial charge in [-0.15, -0.1) is 0 Å². The number of hydrogen-bond acceptors (Lipinski definition) is 5. The Morgan fingerprint density at radius 2 is 1.83 bits per heavy atom. The second-order valence-electron chi connectivity index (χ2n) is 7.16. The Kier molecular flexibility index (Phi) is 5.62. The molecule has 1 aromatic carbocycles. The van der Waals surface area contributed by atoms with E-state index in [4.69, 9.17) is 11.6 Å². The molecule has 4 rings (SSSR count). The number of aromatic nitrogens is 4. The molecule has 0 saturated carbocycles. The second-order valence-corrected chi connectivity index (χ2v) is 7.60. The molecule has 0 atom stereocenters. The third-order valence-corrected chi connectivity index (χ3v) is 5.21. The molecule has 0 aliphatic carbocycles. The molecule has 0 radical (unpaired) electrons. The van der Waals surface area contributed by atoms with Crippen LogP contribution in [-0.2, 0) is 0 Å². The first-order valence-corrected chi connectivity index (χ1v) is 9.90. The summed E-state index contributed by atoms with van der Waals surface area (Å²) in [6.45, 7) is 4.22. The number of amides is 2. The lowest BCUT2D eigenvalue weighted by Crippen LogP contribution is -2.33. The quantitative estimate of drug-likeness (QED) is 0.671. The topological polar surface area (TPSA) is 88.0 Å². The maximum Gasteiger partial charge on any atom is 0.323 e. The molecule has 1 fully saturated rings. The highest BCUT2D eigenvalue weighted by Crippen LogP contribution is 2.26. The minimum Gasteiger partial charge on any atom is -0.367 e. The highest BCUT2D eigenvalue weighted by Gasteiger charge is 2.20. The van der Waals surface area contributed by atoms with Crippen LogP contribution in [0.3, 0.4) is 0 Å². The van der Waals surface area contributed by atoms with Gasteiger partial charge in [0.15, 0.2) is 5.82 Å². The summed E-state index contributed by atoms with van der Waals surface area (Å²) in [5.41, 5.74) is 2.16. The monoisotopic (exact) mass is 411 g/mol. The maximum atomic E-state index is 12.2. The number of halogens is 1. The van der Waals surface area contributed by atoms with Crippen molar-refractivity contribution >= 4 is 34.7 Å². The fourth-order valence-electron chi connectivity index (χ4n) is 3.29. The Balaban J connectivity index is 1.46. The van der Waals surface area contributed by atoms with E-state index in [0.717, 1.165) is 37.5 Å². The van der Waals surface area contributed by atoms with Crippen LogP contribution in [0.2, 0.25) is 5.02 Å². The largest absolute Gasteiger partial charge is 0.367 e. The molecule has 2 N–H and O–H groups in total. The van der Waals surface area contributed by atoms with Gasteiger partial charge in [-0.1, -0.05) is 18.5 Å². The van der Waals surface area contributed by atoms with E-state index in [2.05, 4.69) is 37.5 Å². The van der Waals surface area contributed by atoms with Crippen molar-refractivity contribution in [3.05, 3.63) is 54.2 Å². The van der Waals surface area contributed by atoms with Gasteiger partial charge in [0.25, 0.3) is 0 Å². The summed E-state index contributed by atoms with van der Waals surface area (Å²) >= 11 is 5.86. The summed E-state index contributed by atoms with van der Waals surface area (Å²) in [7, 11) is 0. The standard InChI is InChI=1S/C20H22ClN7O/c1-14-6-8-27(9-7-14)18-11-22-13-23-19(18)28-12-17(10-24-28)26-20(29)25-16-4-2-15(21)3-5-16/h2-5,10-14H,6-9H2,1H3,(H2,25,26,29). The van der Waals surface area contributed by atoms with Gasteiger partial charge in [-0.25, -0.2) is 19.4 Å². The van der Waals surface area contributed by atoms with Crippen molar-refractivity contribution in [2.45, 2.75) is 19.8 Å². The molecule has 1 aliphatic heterocycles. The second kappa shape index (κ2) is 8.48. The summed E-state index contributed by atoms with van der Waals surface area (Å²) in [6, 6.07) is 6.54. The van der Waals surface area contributed by atoms with Crippen LogP contribution < -0.4 is 15.5 Å². The van der Waals surface area contributed by atoms with Crippen LogP contribution in [0.15, 0.2) is 49.2 Å². The van der Waals surface area contributed by atoms with Crippen LogP contribution in [0.4, 0.5) is 21.9 Å². The van der Waals surface area contributed by atoms with E-state index in [1.807, 2.05) is 6.20 Å². The Bertz CT molecular complexity index is 981. The fourth-order valence-corrected chi connectivity index (χ4v) is 3.42. The molecular weight excluding hydrogens is 390 g/mol. The van der Waals surface area contributed by atoms with E-state index in [9.17, 15) is 4.79 Å². The van der Waals surface area contributed by atoms with Crippen LogP contribution in [0.1, 0.15) is 19.8 Å². The van der Waals surface area contributed by atoms with E-state index in [0.29, 0.717) is 22.2 Å². The van der Waals surface area contributed by atoms with Crippen LogP contribution in [0, 0.1) is 5.92 Å². The smallest absolute Gasteiger partial charge is 0.323 e.